The third-order valence-corrected chi connectivity index (χ3v) is 12.9. The monoisotopic (exact) mass is 487 g/mol. The van der Waals surface area contributed by atoms with Crippen LogP contribution in [0.3, 0.4) is 0 Å². The maximum absolute atomic E-state index is 13.6. The van der Waals surface area contributed by atoms with Crippen molar-refractivity contribution >= 4 is 30.1 Å². The Morgan fingerprint density at radius 3 is 2.50 bits per heavy atom. The summed E-state index contributed by atoms with van der Waals surface area (Å²) in [4.78, 5) is 21.4. The highest BCUT2D eigenvalue weighted by Crippen LogP contribution is 2.37. The molecule has 32 heavy (non-hydrogen) atoms. The van der Waals surface area contributed by atoms with Crippen molar-refractivity contribution in [1.29, 1.82) is 0 Å². The van der Waals surface area contributed by atoms with Crippen LogP contribution in [-0.2, 0) is 14.4 Å². The van der Waals surface area contributed by atoms with Crippen LogP contribution in [0.5, 0.6) is 0 Å². The summed E-state index contributed by atoms with van der Waals surface area (Å²) < 4.78 is 34.6. The molecule has 2 N–H and O–H groups in total. The average molecular weight is 488 g/mol. The van der Waals surface area contributed by atoms with Crippen molar-refractivity contribution in [3.05, 3.63) is 34.4 Å². The number of sulfonamides is 1. The summed E-state index contributed by atoms with van der Waals surface area (Å²) in [7, 11) is -6.35. The van der Waals surface area contributed by atoms with E-state index in [2.05, 4.69) is 39.2 Å². The summed E-state index contributed by atoms with van der Waals surface area (Å²) in [6, 6.07) is 4.41. The first kappa shape index (κ1) is 26.2. The molecule has 1 saturated carbocycles. The van der Waals surface area contributed by atoms with Gasteiger partial charge in [0.2, 0.25) is 10.0 Å². The molecule has 0 spiro atoms. The molecule has 1 aromatic carbocycles. The van der Waals surface area contributed by atoms with E-state index in [4.69, 9.17) is 9.53 Å². The van der Waals surface area contributed by atoms with Gasteiger partial charge in [0.25, 0.3) is 5.69 Å². The van der Waals surface area contributed by atoms with Crippen molar-refractivity contribution in [2.24, 2.45) is 0 Å². The molecule has 0 aromatic heterocycles. The minimum atomic E-state index is -4.21. The molecule has 10 nitrogen and oxygen atoms in total. The number of hydrogen-bond donors (Lipinski definition) is 2. The van der Waals surface area contributed by atoms with E-state index >= 15 is 0 Å². The number of nitro benzene ring substituents is 1. The van der Waals surface area contributed by atoms with E-state index in [0.29, 0.717) is 19.3 Å². The first-order valence-corrected chi connectivity index (χ1v) is 14.9. The van der Waals surface area contributed by atoms with E-state index in [1.54, 1.807) is 0 Å². The van der Waals surface area contributed by atoms with Crippen LogP contribution in [0.2, 0.25) is 18.1 Å². The van der Waals surface area contributed by atoms with Gasteiger partial charge in [0.1, 0.15) is 0 Å². The van der Waals surface area contributed by atoms with Crippen LogP contribution < -0.4 is 5.32 Å². The van der Waals surface area contributed by atoms with Gasteiger partial charge in [0.05, 0.1) is 4.92 Å². The zero-order valence-corrected chi connectivity index (χ0v) is 21.0. The molecular formula is C20H33N3O7SSi. The van der Waals surface area contributed by atoms with Crippen molar-refractivity contribution in [2.75, 3.05) is 13.2 Å². The molecule has 0 bridgehead atoms. The lowest BCUT2D eigenvalue weighted by Crippen LogP contribution is -2.46. The Kier molecular flexibility index (Phi) is 8.08. The fourth-order valence-electron chi connectivity index (χ4n) is 3.58. The summed E-state index contributed by atoms with van der Waals surface area (Å²) in [6.07, 6.45) is 0.0742. The van der Waals surface area contributed by atoms with Crippen LogP contribution in [0.4, 0.5) is 10.5 Å². The largest absolute Gasteiger partial charge is 0.465 e. The molecule has 0 heterocycles. The first-order valence-electron chi connectivity index (χ1n) is 10.6. The molecule has 2 rings (SSSR count). The molecule has 1 aliphatic rings. The van der Waals surface area contributed by atoms with Crippen LogP contribution in [-0.4, -0.2) is 62.4 Å². The lowest BCUT2D eigenvalue weighted by molar-refractivity contribution is -0.387. The number of benzene rings is 1. The van der Waals surface area contributed by atoms with Crippen molar-refractivity contribution in [2.45, 2.75) is 75.1 Å². The Bertz CT molecular complexity index is 947. The average Bonchev–Trinajstić information content (AvgIpc) is 3.11. The summed E-state index contributed by atoms with van der Waals surface area (Å²) in [5, 5.41) is 22.8. The first-order chi connectivity index (χ1) is 14.7. The Hall–Kier alpha value is -2.02. The molecule has 1 aromatic rings. The van der Waals surface area contributed by atoms with Crippen molar-refractivity contribution in [3.8, 4) is 0 Å². The number of hydrogen-bond acceptors (Lipinski definition) is 6. The third kappa shape index (κ3) is 6.06. The summed E-state index contributed by atoms with van der Waals surface area (Å²) in [5.74, 6) is 0. The molecule has 1 amide bonds. The molecule has 12 heteroatoms. The predicted molar refractivity (Wildman–Crippen MR) is 123 cm³/mol. The highest BCUT2D eigenvalue weighted by atomic mass is 32.2. The second kappa shape index (κ2) is 9.85. The predicted octanol–water partition coefficient (Wildman–Crippen LogP) is 3.80. The SMILES string of the molecule is CC(C)(C)[Si](C)(C)OCCN([C@@H]1CC[C@H](NC(=O)O)C1)S(=O)(=O)c1ccccc1[N+](=O)[O-]. The lowest BCUT2D eigenvalue weighted by atomic mass is 10.2. The van der Waals surface area contributed by atoms with Gasteiger partial charge >= 0.3 is 6.09 Å². The molecule has 180 valence electrons. The van der Waals surface area contributed by atoms with Crippen LogP contribution in [0.1, 0.15) is 40.0 Å². The molecule has 0 aliphatic heterocycles. The number of carbonyl (C=O) groups is 1. The van der Waals surface area contributed by atoms with Gasteiger partial charge in [-0.2, -0.15) is 4.31 Å². The van der Waals surface area contributed by atoms with E-state index in [-0.39, 0.29) is 29.1 Å². The van der Waals surface area contributed by atoms with Crippen LogP contribution in [0, 0.1) is 10.1 Å². The molecule has 0 saturated heterocycles. The van der Waals surface area contributed by atoms with Gasteiger partial charge < -0.3 is 14.8 Å². The Morgan fingerprint density at radius 2 is 1.94 bits per heavy atom. The van der Waals surface area contributed by atoms with Crippen molar-refractivity contribution in [1.82, 2.24) is 9.62 Å². The van der Waals surface area contributed by atoms with E-state index in [9.17, 15) is 23.3 Å². The summed E-state index contributed by atoms with van der Waals surface area (Å²) in [5.41, 5.74) is -0.485. The highest BCUT2D eigenvalue weighted by molar-refractivity contribution is 7.89. The van der Waals surface area contributed by atoms with Gasteiger partial charge in [-0.05, 0) is 43.5 Å². The standard InChI is InChI=1S/C20H33N3O7SSi/c1-20(2,3)32(4,5)30-13-12-22(16-11-10-15(14-16)21-19(24)25)31(28,29)18-9-7-6-8-17(18)23(26)27/h6-9,15-16,21H,10-14H2,1-5H3,(H,24,25)/t15-,16+/m0/s1. The fourth-order valence-corrected chi connectivity index (χ4v) is 6.43. The second-order valence-electron chi connectivity index (χ2n) is 9.56. The number of nitrogens with zero attached hydrogens (tertiary/aromatic N) is 2. The van der Waals surface area contributed by atoms with Gasteiger partial charge in [-0.15, -0.1) is 0 Å². The van der Waals surface area contributed by atoms with Gasteiger partial charge in [0, 0.05) is 31.3 Å². The number of nitro groups is 1. The maximum atomic E-state index is 13.6. The normalized spacial score (nSPS) is 19.8. The molecule has 0 unspecified atom stereocenters. The van der Waals surface area contributed by atoms with Crippen LogP contribution in [0.25, 0.3) is 0 Å². The van der Waals surface area contributed by atoms with Gasteiger partial charge in [0.15, 0.2) is 13.2 Å². The van der Waals surface area contributed by atoms with Gasteiger partial charge in [-0.3, -0.25) is 10.1 Å². The number of para-hydroxylation sites is 1. The van der Waals surface area contributed by atoms with E-state index in [1.807, 2.05) is 0 Å². The van der Waals surface area contributed by atoms with Gasteiger partial charge in [-0.1, -0.05) is 32.9 Å². The minimum absolute atomic E-state index is 0.0331. The molecule has 0 radical (unpaired) electrons. The van der Waals surface area contributed by atoms with E-state index < -0.39 is 41.1 Å². The molecule has 2 atom stereocenters. The van der Waals surface area contributed by atoms with E-state index in [1.165, 1.54) is 28.6 Å². The second-order valence-corrected chi connectivity index (χ2v) is 16.2. The van der Waals surface area contributed by atoms with Crippen LogP contribution >= 0.6 is 0 Å². The van der Waals surface area contributed by atoms with Crippen molar-refractivity contribution < 1.29 is 27.7 Å². The molecule has 1 fully saturated rings. The smallest absolute Gasteiger partial charge is 0.404 e. The fraction of sp³-hybridized carbons (Fsp3) is 0.650. The topological polar surface area (TPSA) is 139 Å². The quantitative estimate of drug-likeness (QED) is 0.307. The lowest BCUT2D eigenvalue weighted by Gasteiger charge is -2.37. The van der Waals surface area contributed by atoms with Crippen LogP contribution in [0.15, 0.2) is 29.2 Å². The number of rotatable bonds is 9. The summed E-state index contributed by atoms with van der Waals surface area (Å²) >= 11 is 0. The zero-order chi connectivity index (χ0) is 24.3. The van der Waals surface area contributed by atoms with Gasteiger partial charge in [-0.25, -0.2) is 13.2 Å². The Balaban J connectivity index is 2.34. The molecule has 1 aliphatic carbocycles. The van der Waals surface area contributed by atoms with E-state index in [0.717, 1.165) is 0 Å². The maximum Gasteiger partial charge on any atom is 0.404 e. The molecular weight excluding hydrogens is 454 g/mol. The third-order valence-electron chi connectivity index (χ3n) is 6.37. The highest BCUT2D eigenvalue weighted by Gasteiger charge is 2.41. The Morgan fingerprint density at radius 1 is 1.31 bits per heavy atom. The number of nitrogens with one attached hydrogen (secondary N) is 1. The van der Waals surface area contributed by atoms with Crippen molar-refractivity contribution in [3.63, 3.8) is 0 Å². The zero-order valence-electron chi connectivity index (χ0n) is 19.2. The Labute approximate surface area is 190 Å². The summed E-state index contributed by atoms with van der Waals surface area (Å²) in [6.45, 7) is 10.6. The number of carboxylic acid groups (broad SMARTS) is 1. The minimum Gasteiger partial charge on any atom is -0.465 e. The number of amides is 1.